The molecule has 1 fully saturated rings. The maximum atomic E-state index is 12.5. The normalized spacial score (nSPS) is 19.2. The van der Waals surface area contributed by atoms with Crippen LogP contribution in [0, 0.1) is 5.92 Å². The molecular weight excluding hydrogens is 274 g/mol. The highest BCUT2D eigenvalue weighted by Crippen LogP contribution is 2.27. The Balaban J connectivity index is 2.02. The molecule has 22 heavy (non-hydrogen) atoms. The maximum Gasteiger partial charge on any atom is 0.316 e. The summed E-state index contributed by atoms with van der Waals surface area (Å²) in [6.45, 7) is 10.1. The van der Waals surface area contributed by atoms with Gasteiger partial charge in [0.15, 0.2) is 0 Å². The average Bonchev–Trinajstić information content (AvgIpc) is 2.48. The van der Waals surface area contributed by atoms with Crippen molar-refractivity contribution in [3.63, 3.8) is 0 Å². The lowest BCUT2D eigenvalue weighted by Crippen LogP contribution is -2.41. The molecule has 1 unspecified atom stereocenters. The van der Waals surface area contributed by atoms with E-state index in [1.54, 1.807) is 0 Å². The molecule has 0 radical (unpaired) electrons. The van der Waals surface area contributed by atoms with Gasteiger partial charge in [-0.2, -0.15) is 0 Å². The van der Waals surface area contributed by atoms with Crippen molar-refractivity contribution in [1.29, 1.82) is 0 Å². The highest BCUT2D eigenvalue weighted by molar-refractivity contribution is 5.82. The molecule has 1 aromatic carbocycles. The zero-order chi connectivity index (χ0) is 16.2. The first-order valence-electron chi connectivity index (χ1n) is 8.41. The van der Waals surface area contributed by atoms with Crippen LogP contribution in [-0.2, 0) is 21.4 Å². The van der Waals surface area contributed by atoms with Crippen molar-refractivity contribution in [2.75, 3.05) is 13.1 Å². The van der Waals surface area contributed by atoms with Crippen LogP contribution in [0.2, 0.25) is 0 Å². The van der Waals surface area contributed by atoms with Gasteiger partial charge in [0, 0.05) is 6.54 Å². The molecule has 1 atom stereocenters. The van der Waals surface area contributed by atoms with E-state index in [0.717, 1.165) is 37.9 Å². The fourth-order valence-electron chi connectivity index (χ4n) is 2.87. The van der Waals surface area contributed by atoms with Gasteiger partial charge in [0.25, 0.3) is 0 Å². The number of benzene rings is 1. The second-order valence-electron chi connectivity index (χ2n) is 7.29. The van der Waals surface area contributed by atoms with Gasteiger partial charge in [-0.3, -0.25) is 4.79 Å². The van der Waals surface area contributed by atoms with Crippen LogP contribution in [0.3, 0.4) is 0 Å². The molecule has 1 aliphatic rings. The van der Waals surface area contributed by atoms with Crippen LogP contribution in [0.1, 0.15) is 51.7 Å². The molecule has 0 saturated carbocycles. The van der Waals surface area contributed by atoms with Gasteiger partial charge in [-0.05, 0) is 56.7 Å². The van der Waals surface area contributed by atoms with Crippen molar-refractivity contribution >= 4 is 5.97 Å². The second-order valence-corrected chi connectivity index (χ2v) is 7.29. The minimum Gasteiger partial charge on any atom is -0.460 e. The molecule has 0 bridgehead atoms. The van der Waals surface area contributed by atoms with E-state index in [1.165, 1.54) is 5.56 Å². The lowest BCUT2D eigenvalue weighted by atomic mass is 9.84. The fourth-order valence-corrected chi connectivity index (χ4v) is 2.87. The summed E-state index contributed by atoms with van der Waals surface area (Å²) in [6.07, 6.45) is 3.12. The summed E-state index contributed by atoms with van der Waals surface area (Å²) in [4.78, 5) is 12.5. The summed E-state index contributed by atoms with van der Waals surface area (Å²) in [7, 11) is 0. The predicted octanol–water partition coefficient (Wildman–Crippen LogP) is 3.46. The average molecular weight is 303 g/mol. The Hall–Kier alpha value is -1.35. The van der Waals surface area contributed by atoms with Gasteiger partial charge in [0.05, 0.1) is 5.41 Å². The van der Waals surface area contributed by atoms with Crippen molar-refractivity contribution < 1.29 is 9.53 Å². The van der Waals surface area contributed by atoms with Crippen molar-refractivity contribution in [3.05, 3.63) is 35.4 Å². The molecule has 1 aromatic rings. The van der Waals surface area contributed by atoms with E-state index in [1.807, 2.05) is 13.8 Å². The number of esters is 1. The topological polar surface area (TPSA) is 38.3 Å². The van der Waals surface area contributed by atoms with Crippen LogP contribution < -0.4 is 5.32 Å². The second kappa shape index (κ2) is 7.28. The predicted molar refractivity (Wildman–Crippen MR) is 90.0 cm³/mol. The summed E-state index contributed by atoms with van der Waals surface area (Å²) in [5.74, 6) is 0.514. The Morgan fingerprint density at radius 2 is 2.00 bits per heavy atom. The number of piperidine rings is 1. The van der Waals surface area contributed by atoms with E-state index >= 15 is 0 Å². The first kappa shape index (κ1) is 17.0. The van der Waals surface area contributed by atoms with Crippen molar-refractivity contribution in [2.24, 2.45) is 5.92 Å². The smallest absolute Gasteiger partial charge is 0.316 e. The van der Waals surface area contributed by atoms with Gasteiger partial charge in [-0.25, -0.2) is 0 Å². The highest BCUT2D eigenvalue weighted by atomic mass is 16.5. The molecule has 0 spiro atoms. The summed E-state index contributed by atoms with van der Waals surface area (Å²) < 4.78 is 5.70. The molecule has 1 aliphatic heterocycles. The zero-order valence-corrected chi connectivity index (χ0v) is 14.3. The highest BCUT2D eigenvalue weighted by Gasteiger charge is 2.33. The number of rotatable bonds is 5. The van der Waals surface area contributed by atoms with Gasteiger partial charge < -0.3 is 10.1 Å². The van der Waals surface area contributed by atoms with Crippen molar-refractivity contribution in [1.82, 2.24) is 5.32 Å². The third kappa shape index (κ3) is 4.33. The largest absolute Gasteiger partial charge is 0.460 e. The standard InChI is InChI=1S/C19H29NO2/c1-14(2)12-15-7-9-16(10-8-15)19(3,4)18(21)22-17-6-5-11-20-13-17/h7-10,14,17,20H,5-6,11-13H2,1-4H3. The number of nitrogens with one attached hydrogen (secondary N) is 1. The van der Waals surface area contributed by atoms with Crippen LogP contribution in [0.5, 0.6) is 0 Å². The van der Waals surface area contributed by atoms with Gasteiger partial charge in [-0.15, -0.1) is 0 Å². The lowest BCUT2D eigenvalue weighted by Gasteiger charge is -2.29. The maximum absolute atomic E-state index is 12.5. The molecule has 122 valence electrons. The summed E-state index contributed by atoms with van der Waals surface area (Å²) in [5.41, 5.74) is 1.74. The van der Waals surface area contributed by atoms with Gasteiger partial charge in [0.2, 0.25) is 0 Å². The van der Waals surface area contributed by atoms with Gasteiger partial charge >= 0.3 is 5.97 Å². The monoisotopic (exact) mass is 303 g/mol. The number of hydrogen-bond donors (Lipinski definition) is 1. The minimum absolute atomic E-state index is 0.0146. The molecule has 1 saturated heterocycles. The Morgan fingerprint density at radius 1 is 1.32 bits per heavy atom. The lowest BCUT2D eigenvalue weighted by molar-refractivity contribution is -0.155. The molecule has 0 aromatic heterocycles. The number of carbonyl (C=O) groups excluding carboxylic acids is 1. The third-order valence-electron chi connectivity index (χ3n) is 4.36. The van der Waals surface area contributed by atoms with Crippen LogP contribution >= 0.6 is 0 Å². The van der Waals surface area contributed by atoms with Crippen LogP contribution in [0.4, 0.5) is 0 Å². The number of hydrogen-bond acceptors (Lipinski definition) is 3. The summed E-state index contributed by atoms with van der Waals surface area (Å²) >= 11 is 0. The van der Waals surface area contributed by atoms with E-state index in [4.69, 9.17) is 4.74 Å². The molecule has 2 rings (SSSR count). The van der Waals surface area contributed by atoms with Crippen molar-refractivity contribution in [3.8, 4) is 0 Å². The molecule has 3 nitrogen and oxygen atoms in total. The summed E-state index contributed by atoms with van der Waals surface area (Å²) in [5, 5.41) is 3.28. The fraction of sp³-hybridized carbons (Fsp3) is 0.632. The van der Waals surface area contributed by atoms with Crippen molar-refractivity contribution in [2.45, 2.75) is 58.5 Å². The van der Waals surface area contributed by atoms with Gasteiger partial charge in [0.1, 0.15) is 6.10 Å². The van der Waals surface area contributed by atoms with E-state index in [-0.39, 0.29) is 12.1 Å². The first-order valence-corrected chi connectivity index (χ1v) is 8.41. The Labute approximate surface area is 134 Å². The third-order valence-corrected chi connectivity index (χ3v) is 4.36. The van der Waals surface area contributed by atoms with Crippen LogP contribution in [0.15, 0.2) is 24.3 Å². The Morgan fingerprint density at radius 3 is 2.55 bits per heavy atom. The number of carbonyl (C=O) groups is 1. The Kier molecular flexibility index (Phi) is 5.63. The molecular formula is C19H29NO2. The first-order chi connectivity index (χ1) is 10.4. The van der Waals surface area contributed by atoms with E-state index < -0.39 is 5.41 Å². The zero-order valence-electron chi connectivity index (χ0n) is 14.3. The van der Waals surface area contributed by atoms with Crippen LogP contribution in [-0.4, -0.2) is 25.2 Å². The summed E-state index contributed by atoms with van der Waals surface area (Å²) in [6, 6.07) is 8.40. The molecule has 0 amide bonds. The van der Waals surface area contributed by atoms with Crippen LogP contribution in [0.25, 0.3) is 0 Å². The molecule has 0 aliphatic carbocycles. The van der Waals surface area contributed by atoms with E-state index in [0.29, 0.717) is 5.92 Å². The van der Waals surface area contributed by atoms with E-state index in [2.05, 4.69) is 43.4 Å². The minimum atomic E-state index is -0.603. The number of ether oxygens (including phenoxy) is 1. The molecule has 1 heterocycles. The van der Waals surface area contributed by atoms with E-state index in [9.17, 15) is 4.79 Å². The quantitative estimate of drug-likeness (QED) is 0.847. The SMILES string of the molecule is CC(C)Cc1ccc(C(C)(C)C(=O)OC2CCCNC2)cc1. The Bertz CT molecular complexity index is 485. The van der Waals surface area contributed by atoms with Gasteiger partial charge in [-0.1, -0.05) is 38.1 Å². The molecule has 1 N–H and O–H groups in total. The molecule has 3 heteroatoms.